The summed E-state index contributed by atoms with van der Waals surface area (Å²) in [7, 11) is 0. The maximum atomic E-state index is 5.36. The molecule has 1 aliphatic rings. The van der Waals surface area contributed by atoms with Crippen LogP contribution in [0, 0.1) is 6.92 Å². The predicted molar refractivity (Wildman–Crippen MR) is 137 cm³/mol. The molecule has 0 fully saturated rings. The van der Waals surface area contributed by atoms with Gasteiger partial charge >= 0.3 is 0 Å². The number of nitrogen functional groups attached to an aromatic ring is 1. The van der Waals surface area contributed by atoms with E-state index < -0.39 is 0 Å². The fourth-order valence-corrected chi connectivity index (χ4v) is 3.72. The quantitative estimate of drug-likeness (QED) is 0.335. The van der Waals surface area contributed by atoms with Gasteiger partial charge in [-0.1, -0.05) is 85.0 Å². The SMILES string of the molecule is C/C=C\CCc1ccc(-c2cccc(C3=CCCC=C3)c2)cc1C.Nc1ccccc1. The first kappa shape index (κ1) is 22.4. The van der Waals surface area contributed by atoms with Gasteiger partial charge in [0.1, 0.15) is 0 Å². The van der Waals surface area contributed by atoms with Gasteiger partial charge in [0, 0.05) is 5.69 Å². The summed E-state index contributed by atoms with van der Waals surface area (Å²) >= 11 is 0. The number of rotatable bonds is 5. The molecule has 0 amide bonds. The molecule has 1 aliphatic carbocycles. The van der Waals surface area contributed by atoms with E-state index in [9.17, 15) is 0 Å². The first-order valence-electron chi connectivity index (χ1n) is 11.2. The van der Waals surface area contributed by atoms with Crippen molar-refractivity contribution in [2.75, 3.05) is 5.73 Å². The number of allylic oxidation sites excluding steroid dienone is 6. The molecule has 3 aromatic carbocycles. The molecule has 4 rings (SSSR count). The van der Waals surface area contributed by atoms with Crippen LogP contribution in [0.1, 0.15) is 42.9 Å². The molecule has 0 heterocycles. The molecule has 0 aliphatic heterocycles. The lowest BCUT2D eigenvalue weighted by Gasteiger charge is -2.11. The first-order valence-corrected chi connectivity index (χ1v) is 11.2. The van der Waals surface area contributed by atoms with Gasteiger partial charge in [-0.2, -0.15) is 0 Å². The summed E-state index contributed by atoms with van der Waals surface area (Å²) in [4.78, 5) is 0. The molecule has 31 heavy (non-hydrogen) atoms. The zero-order chi connectivity index (χ0) is 21.9. The molecule has 0 bridgehead atoms. The molecular weight excluding hydrogens is 374 g/mol. The van der Waals surface area contributed by atoms with Crippen LogP contribution in [-0.4, -0.2) is 0 Å². The number of benzene rings is 3. The topological polar surface area (TPSA) is 26.0 Å². The van der Waals surface area contributed by atoms with E-state index in [1.54, 1.807) is 0 Å². The number of nitrogens with two attached hydrogens (primary N) is 1. The molecular formula is C30H33N. The zero-order valence-corrected chi connectivity index (χ0v) is 18.7. The largest absolute Gasteiger partial charge is 0.399 e. The van der Waals surface area contributed by atoms with E-state index in [4.69, 9.17) is 5.73 Å². The van der Waals surface area contributed by atoms with Crippen molar-refractivity contribution in [2.45, 2.75) is 39.5 Å². The summed E-state index contributed by atoms with van der Waals surface area (Å²) in [6, 6.07) is 25.3. The third-order valence-electron chi connectivity index (χ3n) is 5.48. The van der Waals surface area contributed by atoms with Crippen LogP contribution < -0.4 is 5.73 Å². The van der Waals surface area contributed by atoms with Gasteiger partial charge in [0.25, 0.3) is 0 Å². The Balaban J connectivity index is 0.000000330. The van der Waals surface area contributed by atoms with E-state index in [1.165, 1.54) is 33.4 Å². The molecule has 0 atom stereocenters. The van der Waals surface area contributed by atoms with Gasteiger partial charge in [-0.15, -0.1) is 0 Å². The van der Waals surface area contributed by atoms with E-state index in [2.05, 4.69) is 86.7 Å². The van der Waals surface area contributed by atoms with Crippen molar-refractivity contribution >= 4 is 11.3 Å². The van der Waals surface area contributed by atoms with Crippen LogP contribution in [0.2, 0.25) is 0 Å². The second-order valence-corrected chi connectivity index (χ2v) is 7.88. The monoisotopic (exact) mass is 407 g/mol. The summed E-state index contributed by atoms with van der Waals surface area (Å²) in [5.41, 5.74) is 14.3. The molecule has 2 N–H and O–H groups in total. The summed E-state index contributed by atoms with van der Waals surface area (Å²) < 4.78 is 0. The predicted octanol–water partition coefficient (Wildman–Crippen LogP) is 8.17. The Bertz CT molecular complexity index is 1050. The average Bonchev–Trinajstić information content (AvgIpc) is 2.82. The summed E-state index contributed by atoms with van der Waals surface area (Å²) in [6.45, 7) is 4.31. The van der Waals surface area contributed by atoms with Crippen molar-refractivity contribution in [2.24, 2.45) is 0 Å². The van der Waals surface area contributed by atoms with Crippen molar-refractivity contribution in [1.29, 1.82) is 0 Å². The standard InChI is InChI=1S/C24H26.C6H7N/c1-3-4-6-10-20-15-16-24(17-19(20)2)23-14-9-13-22(18-23)21-11-7-5-8-12-21;7-6-4-2-1-3-5-6/h3-4,7,9,11-18H,5-6,8,10H2,1-2H3;1-5H,7H2/b4-3-;. The Hall–Kier alpha value is -3.32. The fourth-order valence-electron chi connectivity index (χ4n) is 3.72. The van der Waals surface area contributed by atoms with Crippen LogP contribution in [0.5, 0.6) is 0 Å². The highest BCUT2D eigenvalue weighted by Crippen LogP contribution is 2.28. The third kappa shape index (κ3) is 6.86. The third-order valence-corrected chi connectivity index (χ3v) is 5.48. The number of aryl methyl sites for hydroxylation is 2. The Morgan fingerprint density at radius 2 is 1.61 bits per heavy atom. The highest BCUT2D eigenvalue weighted by atomic mass is 14.5. The van der Waals surface area contributed by atoms with Gasteiger partial charge in [-0.05, 0) is 91.1 Å². The second kappa shape index (κ2) is 11.8. The summed E-state index contributed by atoms with van der Waals surface area (Å²) in [5.74, 6) is 0. The molecule has 3 aromatic rings. The van der Waals surface area contributed by atoms with E-state index in [0.717, 1.165) is 31.4 Å². The van der Waals surface area contributed by atoms with Crippen molar-refractivity contribution < 1.29 is 0 Å². The molecule has 0 saturated carbocycles. The molecule has 0 aromatic heterocycles. The Morgan fingerprint density at radius 3 is 2.26 bits per heavy atom. The van der Waals surface area contributed by atoms with Crippen molar-refractivity contribution in [3.8, 4) is 11.1 Å². The van der Waals surface area contributed by atoms with Gasteiger partial charge < -0.3 is 5.73 Å². The minimum absolute atomic E-state index is 0.822. The molecule has 0 radical (unpaired) electrons. The van der Waals surface area contributed by atoms with Crippen LogP contribution in [0.4, 0.5) is 5.69 Å². The molecule has 1 heteroatoms. The van der Waals surface area contributed by atoms with Gasteiger partial charge in [0.2, 0.25) is 0 Å². The van der Waals surface area contributed by atoms with Crippen LogP contribution >= 0.6 is 0 Å². The average molecular weight is 408 g/mol. The van der Waals surface area contributed by atoms with E-state index in [-0.39, 0.29) is 0 Å². The van der Waals surface area contributed by atoms with Crippen LogP contribution in [0.15, 0.2) is 103 Å². The lowest BCUT2D eigenvalue weighted by molar-refractivity contribution is 0.986. The molecule has 0 spiro atoms. The Kier molecular flexibility index (Phi) is 8.48. The smallest absolute Gasteiger partial charge is 0.0313 e. The minimum atomic E-state index is 0.822. The van der Waals surface area contributed by atoms with Gasteiger partial charge in [0.05, 0.1) is 0 Å². The van der Waals surface area contributed by atoms with Crippen LogP contribution in [0.25, 0.3) is 16.7 Å². The summed E-state index contributed by atoms with van der Waals surface area (Å²) in [5, 5.41) is 0. The molecule has 0 saturated heterocycles. The number of anilines is 1. The van der Waals surface area contributed by atoms with Crippen LogP contribution in [-0.2, 0) is 6.42 Å². The van der Waals surface area contributed by atoms with E-state index in [1.807, 2.05) is 30.3 Å². The van der Waals surface area contributed by atoms with Gasteiger partial charge in [0.15, 0.2) is 0 Å². The molecule has 1 nitrogen and oxygen atoms in total. The van der Waals surface area contributed by atoms with Crippen molar-refractivity contribution in [1.82, 2.24) is 0 Å². The van der Waals surface area contributed by atoms with Crippen molar-refractivity contribution in [3.05, 3.63) is 120 Å². The second-order valence-electron chi connectivity index (χ2n) is 7.88. The van der Waals surface area contributed by atoms with Gasteiger partial charge in [-0.25, -0.2) is 0 Å². The number of hydrogen-bond donors (Lipinski definition) is 1. The van der Waals surface area contributed by atoms with E-state index >= 15 is 0 Å². The zero-order valence-electron chi connectivity index (χ0n) is 18.7. The highest BCUT2D eigenvalue weighted by Gasteiger charge is 2.06. The molecule has 0 unspecified atom stereocenters. The van der Waals surface area contributed by atoms with Crippen molar-refractivity contribution in [3.63, 3.8) is 0 Å². The fraction of sp³-hybridized carbons (Fsp3) is 0.200. The molecule has 158 valence electrons. The Labute approximate surface area is 187 Å². The lowest BCUT2D eigenvalue weighted by atomic mass is 9.94. The maximum Gasteiger partial charge on any atom is 0.0313 e. The normalized spacial score (nSPS) is 12.9. The van der Waals surface area contributed by atoms with Gasteiger partial charge in [-0.3, -0.25) is 0 Å². The number of hydrogen-bond acceptors (Lipinski definition) is 1. The lowest BCUT2D eigenvalue weighted by Crippen LogP contribution is -1.91. The minimum Gasteiger partial charge on any atom is -0.399 e. The Morgan fingerprint density at radius 1 is 0.839 bits per heavy atom. The highest BCUT2D eigenvalue weighted by molar-refractivity contribution is 5.78. The first-order chi connectivity index (χ1) is 15.2. The van der Waals surface area contributed by atoms with Crippen LogP contribution in [0.3, 0.4) is 0 Å². The maximum absolute atomic E-state index is 5.36. The number of para-hydroxylation sites is 1. The van der Waals surface area contributed by atoms with E-state index in [0.29, 0.717) is 0 Å². The summed E-state index contributed by atoms with van der Waals surface area (Å²) in [6.07, 6.45) is 15.8.